The van der Waals surface area contributed by atoms with Crippen LogP contribution in [0.2, 0.25) is 0 Å². The van der Waals surface area contributed by atoms with E-state index in [0.717, 1.165) is 12.8 Å². The van der Waals surface area contributed by atoms with Gasteiger partial charge in [-0.2, -0.15) is 0 Å². The first-order chi connectivity index (χ1) is 8.75. The van der Waals surface area contributed by atoms with Gasteiger partial charge in [0, 0.05) is 12.6 Å². The Kier molecular flexibility index (Phi) is 4.59. The molecule has 4 nitrogen and oxygen atoms in total. The predicted molar refractivity (Wildman–Crippen MR) is 70.4 cm³/mol. The summed E-state index contributed by atoms with van der Waals surface area (Å²) in [4.78, 5) is 11.6. The maximum absolute atomic E-state index is 11.6. The topological polar surface area (TPSA) is 64.3 Å². The molecule has 2 atom stereocenters. The molecule has 0 bridgehead atoms. The van der Waals surface area contributed by atoms with Gasteiger partial charge >= 0.3 is 6.09 Å². The van der Waals surface area contributed by atoms with Gasteiger partial charge in [-0.25, -0.2) is 4.79 Å². The molecule has 98 valence electrons. The van der Waals surface area contributed by atoms with Crippen LogP contribution in [0.4, 0.5) is 4.79 Å². The lowest BCUT2D eigenvalue weighted by Gasteiger charge is -2.28. The smallest absolute Gasteiger partial charge is 0.410 e. The van der Waals surface area contributed by atoms with E-state index in [0.29, 0.717) is 18.2 Å². The van der Waals surface area contributed by atoms with Gasteiger partial charge in [-0.05, 0) is 30.9 Å². The number of nitrogens with two attached hydrogens (primary N) is 1. The Morgan fingerprint density at radius 3 is 2.72 bits per heavy atom. The van der Waals surface area contributed by atoms with Crippen LogP contribution in [-0.2, 0) is 0 Å². The SMILES string of the molecule is NC1CCCCC1CNC(=O)Oc1ccccc1. The highest BCUT2D eigenvalue weighted by molar-refractivity contribution is 5.70. The highest BCUT2D eigenvalue weighted by Gasteiger charge is 2.22. The van der Waals surface area contributed by atoms with Crippen molar-refractivity contribution < 1.29 is 9.53 Å². The molecule has 2 rings (SSSR count). The number of benzene rings is 1. The van der Waals surface area contributed by atoms with Crippen LogP contribution in [0.25, 0.3) is 0 Å². The zero-order chi connectivity index (χ0) is 12.8. The standard InChI is InChI=1S/C14H20N2O2/c15-13-9-5-4-6-11(13)10-16-14(17)18-12-7-2-1-3-8-12/h1-3,7-8,11,13H,4-6,9-10,15H2,(H,16,17). The third-order valence-electron chi connectivity index (χ3n) is 3.43. The van der Waals surface area contributed by atoms with Crippen LogP contribution in [0.1, 0.15) is 25.7 Å². The Hall–Kier alpha value is -1.55. The van der Waals surface area contributed by atoms with Crippen molar-refractivity contribution >= 4 is 6.09 Å². The van der Waals surface area contributed by atoms with E-state index in [1.807, 2.05) is 18.2 Å². The molecule has 1 amide bonds. The minimum atomic E-state index is -0.404. The lowest BCUT2D eigenvalue weighted by Crippen LogP contribution is -2.41. The van der Waals surface area contributed by atoms with Crippen LogP contribution in [0.5, 0.6) is 5.75 Å². The highest BCUT2D eigenvalue weighted by atomic mass is 16.5. The van der Waals surface area contributed by atoms with Crippen molar-refractivity contribution in [1.82, 2.24) is 5.32 Å². The quantitative estimate of drug-likeness (QED) is 0.862. The summed E-state index contributed by atoms with van der Waals surface area (Å²) in [6.07, 6.45) is 4.14. The van der Waals surface area contributed by atoms with E-state index in [2.05, 4.69) is 5.32 Å². The van der Waals surface area contributed by atoms with Crippen molar-refractivity contribution in [3.8, 4) is 5.75 Å². The van der Waals surface area contributed by atoms with E-state index < -0.39 is 6.09 Å². The molecule has 0 radical (unpaired) electrons. The van der Waals surface area contributed by atoms with Gasteiger partial charge in [0.2, 0.25) is 0 Å². The second kappa shape index (κ2) is 6.40. The maximum Gasteiger partial charge on any atom is 0.412 e. The number of carbonyl (C=O) groups is 1. The van der Waals surface area contributed by atoms with E-state index >= 15 is 0 Å². The van der Waals surface area contributed by atoms with Gasteiger partial charge < -0.3 is 15.8 Å². The van der Waals surface area contributed by atoms with Crippen LogP contribution in [0.15, 0.2) is 30.3 Å². The van der Waals surface area contributed by atoms with E-state index in [1.54, 1.807) is 12.1 Å². The monoisotopic (exact) mass is 248 g/mol. The second-order valence-corrected chi connectivity index (χ2v) is 4.79. The number of carbonyl (C=O) groups excluding carboxylic acids is 1. The Balaban J connectivity index is 1.74. The lowest BCUT2D eigenvalue weighted by atomic mass is 9.85. The fourth-order valence-electron chi connectivity index (χ4n) is 2.34. The molecule has 1 aromatic carbocycles. The molecule has 0 heterocycles. The van der Waals surface area contributed by atoms with Crippen molar-refractivity contribution in [1.29, 1.82) is 0 Å². The minimum absolute atomic E-state index is 0.204. The van der Waals surface area contributed by atoms with E-state index in [9.17, 15) is 4.79 Å². The van der Waals surface area contributed by atoms with Gasteiger partial charge in [-0.1, -0.05) is 31.0 Å². The number of para-hydroxylation sites is 1. The predicted octanol–water partition coefficient (Wildman–Crippen LogP) is 2.29. The first-order valence-electron chi connectivity index (χ1n) is 6.52. The first kappa shape index (κ1) is 12.9. The minimum Gasteiger partial charge on any atom is -0.410 e. The molecule has 0 saturated heterocycles. The highest BCUT2D eigenvalue weighted by Crippen LogP contribution is 2.22. The van der Waals surface area contributed by atoms with Crippen molar-refractivity contribution in [3.63, 3.8) is 0 Å². The Bertz CT molecular complexity index is 381. The summed E-state index contributed by atoms with van der Waals surface area (Å²) in [6, 6.07) is 9.26. The zero-order valence-corrected chi connectivity index (χ0v) is 10.5. The molecular formula is C14H20N2O2. The number of rotatable bonds is 3. The van der Waals surface area contributed by atoms with Gasteiger partial charge in [0.1, 0.15) is 5.75 Å². The van der Waals surface area contributed by atoms with Crippen LogP contribution < -0.4 is 15.8 Å². The van der Waals surface area contributed by atoms with Crippen molar-refractivity contribution in [2.24, 2.45) is 11.7 Å². The van der Waals surface area contributed by atoms with Gasteiger partial charge in [0.15, 0.2) is 0 Å². The number of hydrogen-bond acceptors (Lipinski definition) is 3. The largest absolute Gasteiger partial charge is 0.412 e. The Labute approximate surface area is 108 Å². The van der Waals surface area contributed by atoms with E-state index in [4.69, 9.17) is 10.5 Å². The van der Waals surface area contributed by atoms with Gasteiger partial charge in [0.25, 0.3) is 0 Å². The molecule has 0 aromatic heterocycles. The van der Waals surface area contributed by atoms with Crippen LogP contribution in [0, 0.1) is 5.92 Å². The Morgan fingerprint density at radius 1 is 1.28 bits per heavy atom. The maximum atomic E-state index is 11.6. The fourth-order valence-corrected chi connectivity index (χ4v) is 2.34. The molecule has 3 N–H and O–H groups in total. The summed E-state index contributed by atoms with van der Waals surface area (Å²) >= 11 is 0. The summed E-state index contributed by atoms with van der Waals surface area (Å²) in [5, 5.41) is 2.79. The summed E-state index contributed by atoms with van der Waals surface area (Å²) in [5.41, 5.74) is 6.03. The summed E-state index contributed by atoms with van der Waals surface area (Å²) in [6.45, 7) is 0.604. The van der Waals surface area contributed by atoms with Crippen LogP contribution in [-0.4, -0.2) is 18.7 Å². The lowest BCUT2D eigenvalue weighted by molar-refractivity contribution is 0.194. The molecular weight excluding hydrogens is 228 g/mol. The molecule has 1 fully saturated rings. The molecule has 18 heavy (non-hydrogen) atoms. The number of hydrogen-bond donors (Lipinski definition) is 2. The molecule has 4 heteroatoms. The zero-order valence-electron chi connectivity index (χ0n) is 10.5. The van der Waals surface area contributed by atoms with E-state index in [-0.39, 0.29) is 6.04 Å². The van der Waals surface area contributed by atoms with E-state index in [1.165, 1.54) is 12.8 Å². The third-order valence-corrected chi connectivity index (χ3v) is 3.43. The summed E-state index contributed by atoms with van der Waals surface area (Å²) in [5.74, 6) is 0.935. The van der Waals surface area contributed by atoms with Crippen LogP contribution >= 0.6 is 0 Å². The number of amides is 1. The van der Waals surface area contributed by atoms with Gasteiger partial charge in [-0.3, -0.25) is 0 Å². The number of ether oxygens (including phenoxy) is 1. The average molecular weight is 248 g/mol. The molecule has 2 unspecified atom stereocenters. The van der Waals surface area contributed by atoms with Crippen LogP contribution in [0.3, 0.4) is 0 Å². The van der Waals surface area contributed by atoms with Gasteiger partial charge in [-0.15, -0.1) is 0 Å². The summed E-state index contributed by atoms with van der Waals surface area (Å²) < 4.78 is 5.15. The fraction of sp³-hybridized carbons (Fsp3) is 0.500. The van der Waals surface area contributed by atoms with Crippen molar-refractivity contribution in [2.75, 3.05) is 6.54 Å². The molecule has 0 aliphatic heterocycles. The molecule has 1 aliphatic rings. The summed E-state index contributed by atoms with van der Waals surface area (Å²) in [7, 11) is 0. The number of nitrogens with one attached hydrogen (secondary N) is 1. The molecule has 0 spiro atoms. The molecule has 1 aliphatic carbocycles. The first-order valence-corrected chi connectivity index (χ1v) is 6.52. The second-order valence-electron chi connectivity index (χ2n) is 4.79. The molecule has 1 saturated carbocycles. The normalized spacial score (nSPS) is 23.4. The molecule has 1 aromatic rings. The Morgan fingerprint density at radius 2 is 2.00 bits per heavy atom. The average Bonchev–Trinajstić information content (AvgIpc) is 2.39. The van der Waals surface area contributed by atoms with Crippen molar-refractivity contribution in [3.05, 3.63) is 30.3 Å². The third kappa shape index (κ3) is 3.74. The van der Waals surface area contributed by atoms with Gasteiger partial charge in [0.05, 0.1) is 0 Å². The van der Waals surface area contributed by atoms with Crippen molar-refractivity contribution in [2.45, 2.75) is 31.7 Å².